The van der Waals surface area contributed by atoms with E-state index in [2.05, 4.69) is 88.0 Å². The first-order valence-electron chi connectivity index (χ1n) is 13.3. The lowest BCUT2D eigenvalue weighted by atomic mass is 9.95. The molecule has 3 rings (SSSR count). The molecule has 6 heteroatoms. The van der Waals surface area contributed by atoms with Crippen LogP contribution in [0.15, 0.2) is 41.9 Å². The lowest BCUT2D eigenvalue weighted by molar-refractivity contribution is -0.154. The number of hydrogen-bond donors (Lipinski definition) is 0. The molecule has 5 nitrogen and oxygen atoms in total. The summed E-state index contributed by atoms with van der Waals surface area (Å²) in [5, 5.41) is 2.85. The first kappa shape index (κ1) is 28.7. The van der Waals surface area contributed by atoms with Crippen molar-refractivity contribution in [2.24, 2.45) is 4.99 Å². The number of unbranched alkanes of at least 4 members (excludes halogenated alkanes) is 2. The van der Waals surface area contributed by atoms with Crippen LogP contribution in [0.1, 0.15) is 63.1 Å². The second-order valence-electron chi connectivity index (χ2n) is 11.9. The monoisotopic (exact) mass is 519 g/mol. The minimum atomic E-state index is -2.00. The molecule has 1 aliphatic heterocycles. The molecule has 0 aromatic heterocycles. The van der Waals surface area contributed by atoms with Gasteiger partial charge in [-0.2, -0.15) is 0 Å². The van der Waals surface area contributed by atoms with Gasteiger partial charge in [-0.25, -0.2) is 0 Å². The number of anilines is 2. The van der Waals surface area contributed by atoms with E-state index in [9.17, 15) is 4.79 Å². The average Bonchev–Trinajstić information content (AvgIpc) is 2.80. The van der Waals surface area contributed by atoms with Gasteiger partial charge in [0.25, 0.3) is 0 Å². The fourth-order valence-corrected chi connectivity index (χ4v) is 8.01. The third-order valence-electron chi connectivity index (χ3n) is 6.98. The molecule has 0 bridgehead atoms. The van der Waals surface area contributed by atoms with E-state index in [-0.39, 0.29) is 5.97 Å². The molecule has 0 fully saturated rings. The zero-order valence-corrected chi connectivity index (χ0v) is 25.4. The normalized spacial score (nSPS) is 15.1. The summed E-state index contributed by atoms with van der Waals surface area (Å²) in [5.74, 6) is -0.120. The third kappa shape index (κ3) is 6.53. The SMILES string of the molecule is C=Cc1cc(N(C)C)cc2c1C(=NCCCCCC(=O)OC(C)(C)C)c1ccc(N(C)C)cc1[Si]2(C)C. The second-order valence-corrected chi connectivity index (χ2v) is 16.3. The predicted octanol–water partition coefficient (Wildman–Crippen LogP) is 5.34. The number of hydrogen-bond acceptors (Lipinski definition) is 5. The van der Waals surface area contributed by atoms with Gasteiger partial charge in [0.2, 0.25) is 0 Å². The summed E-state index contributed by atoms with van der Waals surface area (Å²) in [6, 6.07) is 11.4. The van der Waals surface area contributed by atoms with Crippen molar-refractivity contribution in [1.29, 1.82) is 0 Å². The highest BCUT2D eigenvalue weighted by Gasteiger charge is 2.39. The van der Waals surface area contributed by atoms with E-state index < -0.39 is 13.7 Å². The molecule has 0 saturated heterocycles. The number of carbonyl (C=O) groups excluding carboxylic acids is 1. The Labute approximate surface area is 225 Å². The number of nitrogens with zero attached hydrogens (tertiary/aromatic N) is 3. The molecule has 0 amide bonds. The summed E-state index contributed by atoms with van der Waals surface area (Å²) < 4.78 is 5.44. The highest BCUT2D eigenvalue weighted by Crippen LogP contribution is 2.29. The lowest BCUT2D eigenvalue weighted by Gasteiger charge is -2.37. The molecule has 0 unspecified atom stereocenters. The Balaban J connectivity index is 1.95. The van der Waals surface area contributed by atoms with Crippen molar-refractivity contribution in [1.82, 2.24) is 0 Å². The quantitative estimate of drug-likeness (QED) is 0.255. The molecule has 0 saturated carbocycles. The van der Waals surface area contributed by atoms with Gasteiger partial charge in [-0.15, -0.1) is 0 Å². The Morgan fingerprint density at radius 1 is 0.973 bits per heavy atom. The molecular weight excluding hydrogens is 474 g/mol. The fraction of sp³-hybridized carbons (Fsp3) is 0.484. The fourth-order valence-electron chi connectivity index (χ4n) is 4.94. The van der Waals surface area contributed by atoms with Gasteiger partial charge in [-0.1, -0.05) is 38.2 Å². The predicted molar refractivity (Wildman–Crippen MR) is 163 cm³/mol. The van der Waals surface area contributed by atoms with E-state index in [0.29, 0.717) is 6.42 Å². The van der Waals surface area contributed by atoms with Crippen molar-refractivity contribution in [3.05, 3.63) is 53.6 Å². The van der Waals surface area contributed by atoms with Crippen molar-refractivity contribution < 1.29 is 9.53 Å². The molecule has 2 aromatic rings. The zero-order chi connectivity index (χ0) is 27.5. The van der Waals surface area contributed by atoms with Crippen LogP contribution in [0.3, 0.4) is 0 Å². The van der Waals surface area contributed by atoms with E-state index >= 15 is 0 Å². The van der Waals surface area contributed by atoms with E-state index in [1.807, 2.05) is 26.8 Å². The molecule has 0 spiro atoms. The molecule has 200 valence electrons. The van der Waals surface area contributed by atoms with Gasteiger partial charge in [0.05, 0.1) is 5.71 Å². The third-order valence-corrected chi connectivity index (χ3v) is 10.5. The maximum atomic E-state index is 12.0. The van der Waals surface area contributed by atoms with E-state index in [0.717, 1.165) is 37.1 Å². The number of ether oxygens (including phenoxy) is 1. The summed E-state index contributed by atoms with van der Waals surface area (Å²) >= 11 is 0. The number of fused-ring (bicyclic) bond motifs is 2. The van der Waals surface area contributed by atoms with Crippen LogP contribution < -0.4 is 20.2 Å². The molecule has 2 aromatic carbocycles. The molecular formula is C31H45N3O2Si. The highest BCUT2D eigenvalue weighted by molar-refractivity contribution is 7.02. The minimum Gasteiger partial charge on any atom is -0.460 e. The summed E-state index contributed by atoms with van der Waals surface area (Å²) in [4.78, 5) is 21.6. The number of esters is 1. The van der Waals surface area contributed by atoms with Crippen LogP contribution in [-0.2, 0) is 9.53 Å². The largest absolute Gasteiger partial charge is 0.460 e. The minimum absolute atomic E-state index is 0.120. The Kier molecular flexibility index (Phi) is 8.73. The van der Waals surface area contributed by atoms with Crippen molar-refractivity contribution in [2.75, 3.05) is 44.5 Å². The van der Waals surface area contributed by atoms with Gasteiger partial charge < -0.3 is 14.5 Å². The summed E-state index contributed by atoms with van der Waals surface area (Å²) in [5.41, 5.74) is 6.71. The number of aliphatic imine (C=N–C) groups is 1. The van der Waals surface area contributed by atoms with Gasteiger partial charge >= 0.3 is 5.97 Å². The van der Waals surface area contributed by atoms with Crippen LogP contribution in [-0.4, -0.2) is 60.1 Å². The maximum absolute atomic E-state index is 12.0. The number of carbonyl (C=O) groups is 1. The lowest BCUT2D eigenvalue weighted by Crippen LogP contribution is -2.60. The van der Waals surface area contributed by atoms with Crippen molar-refractivity contribution >= 4 is 47.6 Å². The van der Waals surface area contributed by atoms with Crippen LogP contribution in [0.4, 0.5) is 11.4 Å². The van der Waals surface area contributed by atoms with Gasteiger partial charge in [-0.05, 0) is 73.8 Å². The maximum Gasteiger partial charge on any atom is 0.306 e. The standard InChI is InChI=1S/C31H45N3O2Si/c1-11-22-19-24(34(7)8)21-27-29(22)30(32-18-14-12-13-15-28(35)36-31(2,3)4)25-17-16-23(33(5)6)20-26(25)37(27,9)10/h11,16-17,19-21H,1,12-15,18H2,2-10H3. The number of benzene rings is 2. The smallest absolute Gasteiger partial charge is 0.306 e. The van der Waals surface area contributed by atoms with E-state index in [4.69, 9.17) is 9.73 Å². The Morgan fingerprint density at radius 2 is 1.62 bits per heavy atom. The molecule has 1 aliphatic rings. The second kappa shape index (κ2) is 11.3. The molecule has 37 heavy (non-hydrogen) atoms. The Morgan fingerprint density at radius 3 is 2.22 bits per heavy atom. The van der Waals surface area contributed by atoms with Crippen LogP contribution in [0, 0.1) is 0 Å². The number of rotatable bonds is 9. The summed E-state index contributed by atoms with van der Waals surface area (Å²) in [6.07, 6.45) is 5.14. The average molecular weight is 520 g/mol. The Hall–Kier alpha value is -2.86. The van der Waals surface area contributed by atoms with Crippen LogP contribution >= 0.6 is 0 Å². The molecule has 0 atom stereocenters. The molecule has 1 heterocycles. The first-order chi connectivity index (χ1) is 17.3. The van der Waals surface area contributed by atoms with Crippen LogP contribution in [0.25, 0.3) is 6.08 Å². The topological polar surface area (TPSA) is 45.1 Å². The summed E-state index contributed by atoms with van der Waals surface area (Å²) in [7, 11) is 6.38. The molecule has 0 N–H and O–H groups in total. The van der Waals surface area contributed by atoms with Gasteiger partial charge in [0, 0.05) is 63.7 Å². The van der Waals surface area contributed by atoms with Gasteiger partial charge in [0.1, 0.15) is 13.7 Å². The first-order valence-corrected chi connectivity index (χ1v) is 16.3. The van der Waals surface area contributed by atoms with Crippen molar-refractivity contribution in [3.8, 4) is 0 Å². The molecule has 0 aliphatic carbocycles. The zero-order valence-electron chi connectivity index (χ0n) is 24.4. The summed E-state index contributed by atoms with van der Waals surface area (Å²) in [6.45, 7) is 15.5. The van der Waals surface area contributed by atoms with Gasteiger partial charge in [0.15, 0.2) is 0 Å². The highest BCUT2D eigenvalue weighted by atomic mass is 28.3. The van der Waals surface area contributed by atoms with Crippen molar-refractivity contribution in [2.45, 2.75) is 65.1 Å². The van der Waals surface area contributed by atoms with E-state index in [1.54, 1.807) is 0 Å². The van der Waals surface area contributed by atoms with Gasteiger partial charge in [-0.3, -0.25) is 9.79 Å². The van der Waals surface area contributed by atoms with Crippen LogP contribution in [0.5, 0.6) is 0 Å². The van der Waals surface area contributed by atoms with Crippen LogP contribution in [0.2, 0.25) is 13.1 Å². The van der Waals surface area contributed by atoms with E-state index in [1.165, 1.54) is 32.9 Å². The molecule has 0 radical (unpaired) electrons. The Bertz CT molecular complexity index is 1190. The van der Waals surface area contributed by atoms with Crippen molar-refractivity contribution in [3.63, 3.8) is 0 Å².